The van der Waals surface area contributed by atoms with Crippen LogP contribution in [0.15, 0.2) is 54.6 Å². The molecule has 0 aliphatic rings. The maximum Gasteiger partial charge on any atom is 0.309 e. The minimum Gasteiger partial charge on any atom is -0.493 e. The number of carboxylic acids is 1. The molecule has 0 fully saturated rings. The topological polar surface area (TPSA) is 66.8 Å². The summed E-state index contributed by atoms with van der Waals surface area (Å²) in [4.78, 5) is 24.3. The van der Waals surface area contributed by atoms with E-state index in [1.54, 1.807) is 36.1 Å². The van der Waals surface area contributed by atoms with E-state index in [1.165, 1.54) is 6.92 Å². The molecule has 0 saturated heterocycles. The fourth-order valence-electron chi connectivity index (χ4n) is 2.07. The number of hydrogen-bond donors (Lipinski definition) is 1. The lowest BCUT2D eigenvalue weighted by Gasteiger charge is -2.21. The first kappa shape index (κ1) is 16.5. The van der Waals surface area contributed by atoms with E-state index in [1.807, 2.05) is 30.3 Å². The van der Waals surface area contributed by atoms with E-state index >= 15 is 0 Å². The zero-order valence-electron chi connectivity index (χ0n) is 13.1. The summed E-state index contributed by atoms with van der Waals surface area (Å²) < 4.78 is 5.45. The van der Waals surface area contributed by atoms with Gasteiger partial charge in [0.2, 0.25) is 5.91 Å². The third kappa shape index (κ3) is 4.32. The SMILES string of the molecule is CC(=O)N(c1ccccc1)c1ccc(OCC(C)C(=O)O)cc1. The summed E-state index contributed by atoms with van der Waals surface area (Å²) in [5.74, 6) is -0.996. The highest BCUT2D eigenvalue weighted by atomic mass is 16.5. The molecular formula is C18H19NO4. The molecule has 1 unspecified atom stereocenters. The van der Waals surface area contributed by atoms with Crippen molar-refractivity contribution in [1.29, 1.82) is 0 Å². The molecule has 120 valence electrons. The average molecular weight is 313 g/mol. The molecule has 1 amide bonds. The molecule has 0 aliphatic heterocycles. The molecule has 0 aromatic heterocycles. The van der Waals surface area contributed by atoms with E-state index in [4.69, 9.17) is 9.84 Å². The second-order valence-electron chi connectivity index (χ2n) is 5.23. The van der Waals surface area contributed by atoms with Gasteiger partial charge in [0.25, 0.3) is 0 Å². The Morgan fingerprint density at radius 2 is 1.61 bits per heavy atom. The molecule has 0 heterocycles. The third-order valence-electron chi connectivity index (χ3n) is 3.35. The van der Waals surface area contributed by atoms with Gasteiger partial charge in [0.1, 0.15) is 12.4 Å². The molecule has 0 radical (unpaired) electrons. The maximum atomic E-state index is 11.9. The summed E-state index contributed by atoms with van der Waals surface area (Å²) >= 11 is 0. The van der Waals surface area contributed by atoms with Crippen LogP contribution in [-0.2, 0) is 9.59 Å². The molecule has 1 atom stereocenters. The smallest absolute Gasteiger partial charge is 0.309 e. The molecule has 2 aromatic carbocycles. The molecule has 5 heteroatoms. The molecule has 2 aromatic rings. The van der Waals surface area contributed by atoms with Crippen LogP contribution in [0.5, 0.6) is 5.75 Å². The number of amides is 1. The monoisotopic (exact) mass is 313 g/mol. The van der Waals surface area contributed by atoms with Crippen molar-refractivity contribution in [2.45, 2.75) is 13.8 Å². The summed E-state index contributed by atoms with van der Waals surface area (Å²) in [5, 5.41) is 8.84. The predicted octanol–water partition coefficient (Wildman–Crippen LogP) is 3.47. The van der Waals surface area contributed by atoms with E-state index in [0.29, 0.717) is 5.75 Å². The Morgan fingerprint density at radius 1 is 1.04 bits per heavy atom. The number of para-hydroxylation sites is 1. The highest BCUT2D eigenvalue weighted by Crippen LogP contribution is 2.27. The van der Waals surface area contributed by atoms with E-state index in [-0.39, 0.29) is 12.5 Å². The molecule has 2 rings (SSSR count). The van der Waals surface area contributed by atoms with Gasteiger partial charge in [-0.1, -0.05) is 18.2 Å². The van der Waals surface area contributed by atoms with Crippen molar-refractivity contribution >= 4 is 23.3 Å². The Kier molecular flexibility index (Phi) is 5.36. The summed E-state index contributed by atoms with van der Waals surface area (Å²) in [7, 11) is 0. The Labute approximate surface area is 135 Å². The predicted molar refractivity (Wildman–Crippen MR) is 88.0 cm³/mol. The number of benzene rings is 2. The van der Waals surface area contributed by atoms with Crippen molar-refractivity contribution < 1.29 is 19.4 Å². The van der Waals surface area contributed by atoms with Crippen molar-refractivity contribution in [3.63, 3.8) is 0 Å². The Morgan fingerprint density at radius 3 is 2.13 bits per heavy atom. The second-order valence-corrected chi connectivity index (χ2v) is 5.23. The summed E-state index contributed by atoms with van der Waals surface area (Å²) in [6.45, 7) is 3.19. The number of anilines is 2. The third-order valence-corrected chi connectivity index (χ3v) is 3.35. The number of aliphatic carboxylic acids is 1. The van der Waals surface area contributed by atoms with Gasteiger partial charge >= 0.3 is 5.97 Å². The van der Waals surface area contributed by atoms with E-state index in [2.05, 4.69) is 0 Å². The van der Waals surface area contributed by atoms with Gasteiger partial charge in [-0.2, -0.15) is 0 Å². The molecule has 23 heavy (non-hydrogen) atoms. The number of nitrogens with zero attached hydrogens (tertiary/aromatic N) is 1. The molecule has 0 bridgehead atoms. The van der Waals surface area contributed by atoms with Crippen molar-refractivity contribution in [3.05, 3.63) is 54.6 Å². The summed E-state index contributed by atoms with van der Waals surface area (Å²) in [5.41, 5.74) is 1.51. The van der Waals surface area contributed by atoms with Gasteiger partial charge in [0.15, 0.2) is 0 Å². The lowest BCUT2D eigenvalue weighted by Crippen LogP contribution is -2.22. The minimum atomic E-state index is -0.895. The second kappa shape index (κ2) is 7.45. The Bertz CT molecular complexity index is 667. The standard InChI is InChI=1S/C18H19NO4/c1-13(18(21)22)12-23-17-10-8-16(9-11-17)19(14(2)20)15-6-4-3-5-7-15/h3-11,13H,12H2,1-2H3,(H,21,22). The van der Waals surface area contributed by atoms with Crippen LogP contribution in [0.3, 0.4) is 0 Å². The van der Waals surface area contributed by atoms with E-state index in [9.17, 15) is 9.59 Å². The number of carbonyl (C=O) groups excluding carboxylic acids is 1. The highest BCUT2D eigenvalue weighted by molar-refractivity contribution is 5.99. The molecule has 0 saturated carbocycles. The molecule has 0 spiro atoms. The quantitative estimate of drug-likeness (QED) is 0.886. The van der Waals surface area contributed by atoms with E-state index in [0.717, 1.165) is 11.4 Å². The van der Waals surface area contributed by atoms with Crippen LogP contribution in [0, 0.1) is 5.92 Å². The molecule has 1 N–H and O–H groups in total. The fourth-order valence-corrected chi connectivity index (χ4v) is 2.07. The van der Waals surface area contributed by atoms with Crippen LogP contribution in [0.2, 0.25) is 0 Å². The van der Waals surface area contributed by atoms with Gasteiger partial charge in [-0.25, -0.2) is 0 Å². The van der Waals surface area contributed by atoms with Crippen LogP contribution in [-0.4, -0.2) is 23.6 Å². The number of ether oxygens (including phenoxy) is 1. The lowest BCUT2D eigenvalue weighted by atomic mass is 10.2. The van der Waals surface area contributed by atoms with Gasteiger partial charge in [0, 0.05) is 18.3 Å². The van der Waals surface area contributed by atoms with Gasteiger partial charge in [0.05, 0.1) is 5.92 Å². The Hall–Kier alpha value is -2.82. The Balaban J connectivity index is 2.14. The van der Waals surface area contributed by atoms with Crippen molar-refractivity contribution in [2.75, 3.05) is 11.5 Å². The summed E-state index contributed by atoms with van der Waals surface area (Å²) in [6.07, 6.45) is 0. The molecule has 5 nitrogen and oxygen atoms in total. The zero-order chi connectivity index (χ0) is 16.8. The van der Waals surface area contributed by atoms with Crippen LogP contribution in [0.1, 0.15) is 13.8 Å². The van der Waals surface area contributed by atoms with Gasteiger partial charge < -0.3 is 9.84 Å². The first-order valence-electron chi connectivity index (χ1n) is 7.30. The molecule has 0 aliphatic carbocycles. The van der Waals surface area contributed by atoms with Crippen molar-refractivity contribution in [2.24, 2.45) is 5.92 Å². The first-order valence-corrected chi connectivity index (χ1v) is 7.30. The van der Waals surface area contributed by atoms with Crippen molar-refractivity contribution in [1.82, 2.24) is 0 Å². The normalized spacial score (nSPS) is 11.6. The number of rotatable bonds is 6. The zero-order valence-corrected chi connectivity index (χ0v) is 13.1. The fraction of sp³-hybridized carbons (Fsp3) is 0.222. The first-order chi connectivity index (χ1) is 11.0. The summed E-state index contributed by atoms with van der Waals surface area (Å²) in [6, 6.07) is 16.4. The minimum absolute atomic E-state index is 0.0932. The van der Waals surface area contributed by atoms with Gasteiger partial charge in [-0.05, 0) is 43.3 Å². The van der Waals surface area contributed by atoms with Gasteiger partial charge in [-0.15, -0.1) is 0 Å². The lowest BCUT2D eigenvalue weighted by molar-refractivity contribution is -0.142. The van der Waals surface area contributed by atoms with Crippen molar-refractivity contribution in [3.8, 4) is 5.75 Å². The number of carboxylic acid groups (broad SMARTS) is 1. The maximum absolute atomic E-state index is 11.9. The number of hydrogen-bond acceptors (Lipinski definition) is 3. The van der Waals surface area contributed by atoms with Crippen LogP contribution in [0.4, 0.5) is 11.4 Å². The van der Waals surface area contributed by atoms with Crippen LogP contribution >= 0.6 is 0 Å². The van der Waals surface area contributed by atoms with E-state index < -0.39 is 11.9 Å². The largest absolute Gasteiger partial charge is 0.493 e. The number of carbonyl (C=O) groups is 2. The molecular weight excluding hydrogens is 294 g/mol. The van der Waals surface area contributed by atoms with Gasteiger partial charge in [-0.3, -0.25) is 14.5 Å². The van der Waals surface area contributed by atoms with Crippen LogP contribution < -0.4 is 9.64 Å². The average Bonchev–Trinajstić information content (AvgIpc) is 2.54. The van der Waals surface area contributed by atoms with Crippen LogP contribution in [0.25, 0.3) is 0 Å². The highest BCUT2D eigenvalue weighted by Gasteiger charge is 2.14.